The van der Waals surface area contributed by atoms with Crippen molar-refractivity contribution in [1.82, 2.24) is 0 Å². The maximum Gasteiger partial charge on any atom is 0.545 e. The lowest BCUT2D eigenvalue weighted by molar-refractivity contribution is 0.290. The minimum Gasteiger partial charge on any atom is -0.435 e. The van der Waals surface area contributed by atoms with Crippen LogP contribution in [0.1, 0.15) is 0 Å². The van der Waals surface area contributed by atoms with Gasteiger partial charge in [-0.05, 0) is 58.9 Å². The minimum atomic E-state index is -1.65. The molecule has 0 rings (SSSR count). The number of hydrogen-bond donors (Lipinski definition) is 0. The summed E-state index contributed by atoms with van der Waals surface area (Å²) in [5.41, 5.74) is 0. The van der Waals surface area contributed by atoms with Crippen LogP contribution in [0.5, 0.6) is 0 Å². The highest BCUT2D eigenvalue weighted by atomic mass is 28.5. The quantitative estimate of drug-likeness (QED) is 0.637. The molecule has 9 heteroatoms. The highest BCUT2D eigenvalue weighted by molar-refractivity contribution is 6.80. The van der Waals surface area contributed by atoms with Crippen LogP contribution in [0, 0.1) is 0 Å². The molecule has 0 aromatic heterocycles. The van der Waals surface area contributed by atoms with Crippen molar-refractivity contribution in [3.05, 3.63) is 0 Å². The van der Waals surface area contributed by atoms with Crippen LogP contribution >= 0.6 is 0 Å². The van der Waals surface area contributed by atoms with Crippen molar-refractivity contribution in [3.8, 4) is 0 Å². The summed E-state index contributed by atoms with van der Waals surface area (Å²) >= 11 is 0. The predicted molar refractivity (Wildman–Crippen MR) is 85.9 cm³/mol. The standard InChI is InChI=1S/C9H27O4Si5/c1-16(2,3)11-14-10-15(12-17(4,5)6)13-18(7,8)9/h1-9H3. The molecule has 4 nitrogen and oxygen atoms in total. The molecule has 0 aromatic carbocycles. The fourth-order valence-electron chi connectivity index (χ4n) is 0.742. The summed E-state index contributed by atoms with van der Waals surface area (Å²) in [6.07, 6.45) is 0. The van der Waals surface area contributed by atoms with Gasteiger partial charge >= 0.3 is 19.5 Å². The van der Waals surface area contributed by atoms with Gasteiger partial charge in [0.1, 0.15) is 0 Å². The van der Waals surface area contributed by atoms with Crippen LogP contribution in [-0.2, 0) is 16.5 Å². The van der Waals surface area contributed by atoms with E-state index in [1.54, 1.807) is 0 Å². The molecule has 0 atom stereocenters. The zero-order valence-corrected chi connectivity index (χ0v) is 18.1. The summed E-state index contributed by atoms with van der Waals surface area (Å²) < 4.78 is 23.5. The average molecular weight is 340 g/mol. The zero-order chi connectivity index (χ0) is 14.6. The van der Waals surface area contributed by atoms with Gasteiger partial charge in [0, 0.05) is 0 Å². The van der Waals surface area contributed by atoms with E-state index in [1.165, 1.54) is 0 Å². The first-order chi connectivity index (χ1) is 7.79. The van der Waals surface area contributed by atoms with Gasteiger partial charge in [-0.15, -0.1) is 0 Å². The van der Waals surface area contributed by atoms with Crippen molar-refractivity contribution in [2.45, 2.75) is 58.9 Å². The van der Waals surface area contributed by atoms with Gasteiger partial charge < -0.3 is 16.5 Å². The molecule has 107 valence electrons. The van der Waals surface area contributed by atoms with E-state index < -0.39 is 34.5 Å². The van der Waals surface area contributed by atoms with Crippen LogP contribution in [0.4, 0.5) is 0 Å². The van der Waals surface area contributed by atoms with Crippen LogP contribution in [0.2, 0.25) is 58.9 Å². The van der Waals surface area contributed by atoms with E-state index in [4.69, 9.17) is 16.5 Å². The molecule has 0 aliphatic heterocycles. The largest absolute Gasteiger partial charge is 0.545 e. The lowest BCUT2D eigenvalue weighted by Gasteiger charge is -2.28. The van der Waals surface area contributed by atoms with Crippen LogP contribution in [0.3, 0.4) is 0 Å². The van der Waals surface area contributed by atoms with Gasteiger partial charge in [-0.25, -0.2) is 0 Å². The first-order valence-electron chi connectivity index (χ1n) is 6.13. The molecule has 0 N–H and O–H groups in total. The average Bonchev–Trinajstić information content (AvgIpc) is 1.93. The third kappa shape index (κ3) is 13.4. The third-order valence-corrected chi connectivity index (χ3v) is 11.3. The maximum atomic E-state index is 6.00. The van der Waals surface area contributed by atoms with Crippen LogP contribution in [0.15, 0.2) is 0 Å². The van der Waals surface area contributed by atoms with Gasteiger partial charge in [-0.1, -0.05) is 0 Å². The van der Waals surface area contributed by atoms with E-state index in [1.807, 2.05) is 0 Å². The molecule has 0 aliphatic rings. The van der Waals surface area contributed by atoms with Gasteiger partial charge in [0.25, 0.3) is 0 Å². The van der Waals surface area contributed by atoms with Crippen molar-refractivity contribution in [2.24, 2.45) is 0 Å². The van der Waals surface area contributed by atoms with E-state index in [0.717, 1.165) is 0 Å². The smallest absolute Gasteiger partial charge is 0.435 e. The van der Waals surface area contributed by atoms with Gasteiger partial charge in [-0.3, -0.25) is 0 Å². The molecular weight excluding hydrogens is 313 g/mol. The molecule has 0 spiro atoms. The lowest BCUT2D eigenvalue weighted by Crippen LogP contribution is -2.46. The Hall–Kier alpha value is 0.924. The molecule has 0 saturated carbocycles. The van der Waals surface area contributed by atoms with Crippen molar-refractivity contribution in [2.75, 3.05) is 0 Å². The minimum absolute atomic E-state index is 0.0372. The monoisotopic (exact) mass is 339 g/mol. The van der Waals surface area contributed by atoms with Gasteiger partial charge in [0.2, 0.25) is 0 Å². The van der Waals surface area contributed by atoms with Gasteiger partial charge in [0.15, 0.2) is 25.0 Å². The molecule has 0 saturated heterocycles. The Labute approximate surface area is 120 Å². The fourth-order valence-corrected chi connectivity index (χ4v) is 8.18. The van der Waals surface area contributed by atoms with Gasteiger partial charge in [0.05, 0.1) is 0 Å². The lowest BCUT2D eigenvalue weighted by atomic mass is 11.8. The van der Waals surface area contributed by atoms with Crippen molar-refractivity contribution in [1.29, 1.82) is 0 Å². The summed E-state index contributed by atoms with van der Waals surface area (Å²) in [4.78, 5) is 0. The van der Waals surface area contributed by atoms with E-state index in [9.17, 15) is 0 Å². The van der Waals surface area contributed by atoms with Crippen LogP contribution in [0.25, 0.3) is 0 Å². The van der Waals surface area contributed by atoms with Crippen LogP contribution < -0.4 is 0 Å². The Morgan fingerprint density at radius 3 is 1.33 bits per heavy atom. The topological polar surface area (TPSA) is 36.9 Å². The molecule has 0 heterocycles. The molecule has 0 amide bonds. The molecule has 0 unspecified atom stereocenters. The summed E-state index contributed by atoms with van der Waals surface area (Å²) in [5, 5.41) is 0. The molecular formula is C9H27O4Si5. The molecule has 0 bridgehead atoms. The molecule has 0 fully saturated rings. The second kappa shape index (κ2) is 7.08. The molecule has 3 radical (unpaired) electrons. The summed E-state index contributed by atoms with van der Waals surface area (Å²) in [6, 6.07) is 0. The first kappa shape index (κ1) is 18.9. The zero-order valence-electron chi connectivity index (χ0n) is 13.1. The Morgan fingerprint density at radius 1 is 0.667 bits per heavy atom. The van der Waals surface area contributed by atoms with E-state index in [-0.39, 0.29) is 10.0 Å². The van der Waals surface area contributed by atoms with E-state index >= 15 is 0 Å². The highest BCUT2D eigenvalue weighted by Gasteiger charge is 2.33. The number of hydrogen-bond acceptors (Lipinski definition) is 4. The molecule has 18 heavy (non-hydrogen) atoms. The summed E-state index contributed by atoms with van der Waals surface area (Å²) in [5.74, 6) is 0. The highest BCUT2D eigenvalue weighted by Crippen LogP contribution is 2.12. The Kier molecular flexibility index (Phi) is 7.45. The molecule has 0 aliphatic carbocycles. The predicted octanol–water partition coefficient (Wildman–Crippen LogP) is 3.08. The normalized spacial score (nSPS) is 14.3. The summed E-state index contributed by atoms with van der Waals surface area (Å²) in [7, 11) is -6.41. The first-order valence-corrected chi connectivity index (χ1v) is 18.4. The van der Waals surface area contributed by atoms with E-state index in [0.29, 0.717) is 0 Å². The van der Waals surface area contributed by atoms with Crippen LogP contribution in [-0.4, -0.2) is 44.5 Å². The second-order valence-corrected chi connectivity index (χ2v) is 23.7. The van der Waals surface area contributed by atoms with Gasteiger partial charge in [-0.2, -0.15) is 0 Å². The SMILES string of the molecule is C[Si](C)(C)O[Si]O[Si](O[Si](C)(C)C)O[Si](C)(C)C. The Morgan fingerprint density at radius 2 is 1.06 bits per heavy atom. The maximum absolute atomic E-state index is 6.00. The fraction of sp³-hybridized carbons (Fsp3) is 1.00. The summed E-state index contributed by atoms with van der Waals surface area (Å²) in [6.45, 7) is 19.3. The second-order valence-electron chi connectivity index (χ2n) is 7.08. The molecule has 0 aromatic rings. The number of rotatable bonds is 8. The van der Waals surface area contributed by atoms with Crippen molar-refractivity contribution >= 4 is 44.5 Å². The third-order valence-electron chi connectivity index (χ3n) is 1.25. The Balaban J connectivity index is 4.31. The van der Waals surface area contributed by atoms with Crippen molar-refractivity contribution in [3.63, 3.8) is 0 Å². The van der Waals surface area contributed by atoms with E-state index in [2.05, 4.69) is 58.9 Å². The Bertz CT molecular complexity index is 227. The van der Waals surface area contributed by atoms with Crippen molar-refractivity contribution < 1.29 is 16.5 Å².